The predicted octanol–water partition coefficient (Wildman–Crippen LogP) is 3.53. The van der Waals surface area contributed by atoms with Crippen LogP contribution in [-0.4, -0.2) is 0 Å². The van der Waals surface area contributed by atoms with Gasteiger partial charge in [0.25, 0.3) is 0 Å². The molecule has 0 N–H and O–H groups in total. The molecule has 0 saturated carbocycles. The molecule has 0 aliphatic rings. The van der Waals surface area contributed by atoms with Gasteiger partial charge in [0.1, 0.15) is 0 Å². The molecule has 0 amide bonds. The Morgan fingerprint density at radius 3 is 0.385 bits per heavy atom. The average Bonchev–Trinajstić information content (AvgIpc) is 2.24. The van der Waals surface area contributed by atoms with Crippen molar-refractivity contribution in [3.05, 3.63) is 72.8 Å². The van der Waals surface area contributed by atoms with Gasteiger partial charge in [-0.05, 0) is 0 Å². The molecule has 2 aromatic rings. The van der Waals surface area contributed by atoms with Crippen LogP contribution in [0.3, 0.4) is 0 Å². The zero-order valence-corrected chi connectivity index (χ0v) is 7.34. The molecule has 0 aromatic heterocycles. The molecule has 0 aliphatic carbocycles. The van der Waals surface area contributed by atoms with Crippen molar-refractivity contribution in [3.8, 4) is 0 Å². The molecule has 0 atom stereocenters. The zero-order valence-electron chi connectivity index (χ0n) is 7.34. The molecule has 1 heteroatoms. The lowest BCUT2D eigenvalue weighted by Crippen LogP contribution is -1.47. The van der Waals surface area contributed by atoms with Gasteiger partial charge in [-0.25, -0.2) is 0 Å². The molecular formula is C12H13F. The third-order valence-electron chi connectivity index (χ3n) is 1.33. The van der Waals surface area contributed by atoms with Crippen molar-refractivity contribution in [2.45, 2.75) is 0 Å². The zero-order chi connectivity index (χ0) is 8.49. The summed E-state index contributed by atoms with van der Waals surface area (Å²) in [5.74, 6) is 0. The van der Waals surface area contributed by atoms with Crippen molar-refractivity contribution < 1.29 is 4.70 Å². The molecule has 0 radical (unpaired) electrons. The second kappa shape index (κ2) is 8.47. The Morgan fingerprint density at radius 1 is 0.231 bits per heavy atom. The molecule has 0 unspecified atom stereocenters. The van der Waals surface area contributed by atoms with Gasteiger partial charge in [0, 0.05) is 0 Å². The monoisotopic (exact) mass is 176 g/mol. The minimum atomic E-state index is 0. The highest BCUT2D eigenvalue weighted by Gasteiger charge is 1.58. The van der Waals surface area contributed by atoms with E-state index in [1.54, 1.807) is 0 Å². The molecule has 0 spiro atoms. The van der Waals surface area contributed by atoms with Crippen LogP contribution >= 0.6 is 0 Å². The predicted molar refractivity (Wildman–Crippen MR) is 55.4 cm³/mol. The molecule has 0 nitrogen and oxygen atoms in total. The molecule has 2 rings (SSSR count). The number of hydrogen-bond donors (Lipinski definition) is 0. The van der Waals surface area contributed by atoms with Crippen LogP contribution in [0.2, 0.25) is 0 Å². The molecule has 68 valence electrons. The Labute approximate surface area is 78.2 Å². The van der Waals surface area contributed by atoms with E-state index in [0.29, 0.717) is 0 Å². The van der Waals surface area contributed by atoms with Crippen molar-refractivity contribution >= 4 is 0 Å². The van der Waals surface area contributed by atoms with E-state index in [0.717, 1.165) is 0 Å². The van der Waals surface area contributed by atoms with Crippen LogP contribution in [0.15, 0.2) is 72.8 Å². The summed E-state index contributed by atoms with van der Waals surface area (Å²) in [6.07, 6.45) is 0. The highest BCUT2D eigenvalue weighted by Crippen LogP contribution is 1.80. The topological polar surface area (TPSA) is 0 Å². The highest BCUT2D eigenvalue weighted by atomic mass is 19.0. The van der Waals surface area contributed by atoms with Gasteiger partial charge in [-0.3, -0.25) is 4.70 Å². The molecule has 0 aliphatic heterocycles. The van der Waals surface area contributed by atoms with Crippen molar-refractivity contribution in [1.29, 1.82) is 0 Å². The maximum absolute atomic E-state index is 2.00. The number of benzene rings is 2. The Morgan fingerprint density at radius 2 is 0.308 bits per heavy atom. The normalized spacial score (nSPS) is 7.38. The fourth-order valence-electron chi connectivity index (χ4n) is 0.770. The summed E-state index contributed by atoms with van der Waals surface area (Å²) in [6.45, 7) is 0. The molecular weight excluding hydrogens is 163 g/mol. The molecule has 0 saturated heterocycles. The van der Waals surface area contributed by atoms with Gasteiger partial charge in [-0.15, -0.1) is 0 Å². The van der Waals surface area contributed by atoms with E-state index in [1.165, 1.54) is 0 Å². The van der Waals surface area contributed by atoms with Crippen LogP contribution in [0.5, 0.6) is 0 Å². The molecule has 0 heterocycles. The van der Waals surface area contributed by atoms with Gasteiger partial charge in [0.05, 0.1) is 0 Å². The summed E-state index contributed by atoms with van der Waals surface area (Å²) in [4.78, 5) is 0. The van der Waals surface area contributed by atoms with E-state index < -0.39 is 0 Å². The van der Waals surface area contributed by atoms with Crippen LogP contribution in [0.1, 0.15) is 0 Å². The molecule has 13 heavy (non-hydrogen) atoms. The maximum atomic E-state index is 2.00. The van der Waals surface area contributed by atoms with Gasteiger partial charge in [-0.1, -0.05) is 72.8 Å². The van der Waals surface area contributed by atoms with Crippen LogP contribution in [0, 0.1) is 0 Å². The summed E-state index contributed by atoms with van der Waals surface area (Å²) in [5.41, 5.74) is 0. The van der Waals surface area contributed by atoms with E-state index in [4.69, 9.17) is 0 Å². The van der Waals surface area contributed by atoms with Crippen molar-refractivity contribution in [1.82, 2.24) is 0 Å². The lowest BCUT2D eigenvalue weighted by atomic mass is 10.4. The minimum absolute atomic E-state index is 0. The number of rotatable bonds is 0. The summed E-state index contributed by atoms with van der Waals surface area (Å²) >= 11 is 0. The summed E-state index contributed by atoms with van der Waals surface area (Å²) in [6, 6.07) is 24.0. The van der Waals surface area contributed by atoms with Crippen LogP contribution in [0.25, 0.3) is 0 Å². The van der Waals surface area contributed by atoms with Crippen molar-refractivity contribution in [2.75, 3.05) is 0 Å². The highest BCUT2D eigenvalue weighted by molar-refractivity contribution is 4.99. The van der Waals surface area contributed by atoms with E-state index >= 15 is 0 Å². The summed E-state index contributed by atoms with van der Waals surface area (Å²) in [7, 11) is 0. The first-order valence-corrected chi connectivity index (χ1v) is 4.00. The molecule has 2 aromatic carbocycles. The van der Waals surface area contributed by atoms with E-state index in [-0.39, 0.29) is 4.70 Å². The van der Waals surface area contributed by atoms with Crippen LogP contribution in [-0.2, 0) is 0 Å². The molecule has 0 bridgehead atoms. The van der Waals surface area contributed by atoms with E-state index in [9.17, 15) is 0 Å². The van der Waals surface area contributed by atoms with E-state index in [1.807, 2.05) is 72.8 Å². The Bertz CT molecular complexity index is 181. The fraction of sp³-hybridized carbons (Fsp3) is 0. The fourth-order valence-corrected chi connectivity index (χ4v) is 0.770. The maximum Gasteiger partial charge on any atom is -0.0623 e. The van der Waals surface area contributed by atoms with E-state index in [2.05, 4.69) is 0 Å². The lowest BCUT2D eigenvalue weighted by molar-refractivity contribution is 1.11. The van der Waals surface area contributed by atoms with Crippen molar-refractivity contribution in [2.24, 2.45) is 0 Å². The summed E-state index contributed by atoms with van der Waals surface area (Å²) in [5, 5.41) is 0. The number of hydrogen-bond acceptors (Lipinski definition) is 0. The third kappa shape index (κ3) is 6.76. The lowest BCUT2D eigenvalue weighted by Gasteiger charge is -1.69. The Kier molecular flexibility index (Phi) is 7.40. The summed E-state index contributed by atoms with van der Waals surface area (Å²) < 4.78 is 0. The standard InChI is InChI=1S/2C6H6.FH/c2*1-2-4-6-5-3-1;/h2*1-6H;1H. The van der Waals surface area contributed by atoms with Gasteiger partial charge >= 0.3 is 0 Å². The minimum Gasteiger partial charge on any atom is -0.269 e. The second-order valence-corrected chi connectivity index (χ2v) is 2.31. The van der Waals surface area contributed by atoms with Gasteiger partial charge in [0.2, 0.25) is 0 Å². The third-order valence-corrected chi connectivity index (χ3v) is 1.33. The first-order valence-electron chi connectivity index (χ1n) is 4.00. The number of halogens is 1. The second-order valence-electron chi connectivity index (χ2n) is 2.31. The van der Waals surface area contributed by atoms with Gasteiger partial charge in [0.15, 0.2) is 0 Å². The average molecular weight is 176 g/mol. The SMILES string of the molecule is F.c1ccccc1.c1ccccc1. The van der Waals surface area contributed by atoms with Crippen molar-refractivity contribution in [3.63, 3.8) is 0 Å². The Balaban J connectivity index is 0.000000206. The first-order chi connectivity index (χ1) is 6.00. The van der Waals surface area contributed by atoms with Crippen LogP contribution < -0.4 is 0 Å². The quantitative estimate of drug-likeness (QED) is 0.576. The first kappa shape index (κ1) is 11.4. The smallest absolute Gasteiger partial charge is 0.0623 e. The Hall–Kier alpha value is -1.63. The molecule has 0 fully saturated rings. The van der Waals surface area contributed by atoms with Crippen LogP contribution in [0.4, 0.5) is 4.70 Å². The van der Waals surface area contributed by atoms with Gasteiger partial charge in [-0.2, -0.15) is 0 Å². The largest absolute Gasteiger partial charge is 0.269 e. The van der Waals surface area contributed by atoms with Gasteiger partial charge < -0.3 is 0 Å².